The van der Waals surface area contributed by atoms with Crippen molar-refractivity contribution in [2.75, 3.05) is 0 Å². The van der Waals surface area contributed by atoms with Crippen LogP contribution < -0.4 is 10.6 Å². The van der Waals surface area contributed by atoms with E-state index in [1.54, 1.807) is 0 Å². The predicted molar refractivity (Wildman–Crippen MR) is 69.3 cm³/mol. The molecule has 1 aromatic carbocycles. The van der Waals surface area contributed by atoms with Crippen molar-refractivity contribution in [1.82, 2.24) is 4.98 Å². The third-order valence-electron chi connectivity index (χ3n) is 3.45. The maximum absolute atomic E-state index is 11.3. The summed E-state index contributed by atoms with van der Waals surface area (Å²) in [7, 11) is 0. The van der Waals surface area contributed by atoms with Crippen LogP contribution in [0, 0.1) is 0 Å². The van der Waals surface area contributed by atoms with Crippen LogP contribution in [-0.2, 0) is 18.4 Å². The van der Waals surface area contributed by atoms with E-state index in [4.69, 9.17) is 5.73 Å². The highest BCUT2D eigenvalue weighted by Crippen LogP contribution is 2.34. The third kappa shape index (κ3) is 1.83. The number of hydrogen-bond donors (Lipinski definition) is 2. The molecule has 0 unspecified atom stereocenters. The molecule has 1 aromatic heterocycles. The Kier molecular flexibility index (Phi) is 2.42. The Labute approximate surface area is 103 Å². The number of hydrogen-bond acceptors (Lipinski definition) is 3. The Morgan fingerprint density at radius 3 is 2.82 bits per heavy atom. The van der Waals surface area contributed by atoms with Crippen LogP contribution in [0.3, 0.4) is 0 Å². The second-order valence-corrected chi connectivity index (χ2v) is 5.68. The Hall–Kier alpha value is -1.39. The first-order valence-electron chi connectivity index (χ1n) is 5.73. The van der Waals surface area contributed by atoms with Crippen molar-refractivity contribution in [3.8, 4) is 0 Å². The van der Waals surface area contributed by atoms with Crippen molar-refractivity contribution < 1.29 is 0 Å². The summed E-state index contributed by atoms with van der Waals surface area (Å²) in [6, 6.07) is 10.2. The number of aromatic amines is 1. The Bertz CT molecular complexity index is 587. The number of thiazole rings is 1. The van der Waals surface area contributed by atoms with Crippen LogP contribution in [0.15, 0.2) is 35.1 Å². The Morgan fingerprint density at radius 2 is 2.06 bits per heavy atom. The van der Waals surface area contributed by atoms with Crippen LogP contribution in [0.25, 0.3) is 0 Å². The average molecular weight is 246 g/mol. The van der Waals surface area contributed by atoms with Crippen molar-refractivity contribution in [1.29, 1.82) is 0 Å². The van der Waals surface area contributed by atoms with Gasteiger partial charge in [-0.3, -0.25) is 4.79 Å². The monoisotopic (exact) mass is 246 g/mol. The van der Waals surface area contributed by atoms with E-state index in [1.165, 1.54) is 11.3 Å². The van der Waals surface area contributed by atoms with Crippen LogP contribution in [-0.4, -0.2) is 4.98 Å². The topological polar surface area (TPSA) is 58.9 Å². The number of benzene rings is 1. The molecule has 0 radical (unpaired) electrons. The van der Waals surface area contributed by atoms with Crippen LogP contribution in [0.4, 0.5) is 0 Å². The number of nitrogens with two attached hydrogens (primary N) is 1. The second-order valence-electron chi connectivity index (χ2n) is 4.62. The van der Waals surface area contributed by atoms with E-state index in [2.05, 4.69) is 17.1 Å². The molecule has 0 amide bonds. The molecule has 2 aromatic rings. The average Bonchev–Trinajstić information content (AvgIpc) is 2.69. The maximum Gasteiger partial charge on any atom is 0.304 e. The fourth-order valence-corrected chi connectivity index (χ4v) is 3.48. The zero-order valence-electron chi connectivity index (χ0n) is 9.40. The lowest BCUT2D eigenvalue weighted by Gasteiger charge is -2.33. The lowest BCUT2D eigenvalue weighted by Crippen LogP contribution is -2.41. The largest absolute Gasteiger partial charge is 0.321 e. The van der Waals surface area contributed by atoms with Gasteiger partial charge in [-0.1, -0.05) is 41.7 Å². The van der Waals surface area contributed by atoms with Crippen LogP contribution in [0.5, 0.6) is 0 Å². The maximum atomic E-state index is 11.3. The van der Waals surface area contributed by atoms with E-state index in [9.17, 15) is 4.79 Å². The first kappa shape index (κ1) is 10.7. The molecule has 0 aliphatic heterocycles. The van der Waals surface area contributed by atoms with Gasteiger partial charge in [0.2, 0.25) is 0 Å². The molecule has 4 heteroatoms. The number of rotatable bonds is 1. The summed E-state index contributed by atoms with van der Waals surface area (Å²) < 4.78 is 0. The lowest BCUT2D eigenvalue weighted by molar-refractivity contribution is 0.386. The van der Waals surface area contributed by atoms with Crippen LogP contribution in [0.1, 0.15) is 22.6 Å². The molecule has 17 heavy (non-hydrogen) atoms. The minimum atomic E-state index is -0.320. The van der Waals surface area contributed by atoms with Crippen molar-refractivity contribution in [2.24, 2.45) is 5.73 Å². The number of aryl methyl sites for hydroxylation is 1. The van der Waals surface area contributed by atoms with Gasteiger partial charge in [0.05, 0.1) is 0 Å². The number of nitrogens with one attached hydrogen (secondary N) is 1. The standard InChI is InChI=1S/C13H14N2OS/c14-13(9-4-2-1-3-5-9)7-6-10-11(8-13)17-12(16)15-10/h1-5H,6-8,14H2,(H,15,16)/t13-/m1/s1. The fraction of sp³-hybridized carbons (Fsp3) is 0.308. The highest BCUT2D eigenvalue weighted by Gasteiger charge is 2.33. The van der Waals surface area contributed by atoms with Crippen molar-refractivity contribution in [2.45, 2.75) is 24.8 Å². The molecule has 0 saturated carbocycles. The normalized spacial score (nSPS) is 23.4. The number of aromatic nitrogens is 1. The number of fused-ring (bicyclic) bond motifs is 1. The summed E-state index contributed by atoms with van der Waals surface area (Å²) in [6.07, 6.45) is 2.51. The van der Waals surface area contributed by atoms with Gasteiger partial charge in [0.25, 0.3) is 0 Å². The minimum Gasteiger partial charge on any atom is -0.321 e. The summed E-state index contributed by atoms with van der Waals surface area (Å²) in [5.41, 5.74) is 8.41. The lowest BCUT2D eigenvalue weighted by atomic mass is 9.79. The highest BCUT2D eigenvalue weighted by atomic mass is 32.1. The van der Waals surface area contributed by atoms with Gasteiger partial charge in [-0.15, -0.1) is 0 Å². The Balaban J connectivity index is 2.00. The van der Waals surface area contributed by atoms with Crippen molar-refractivity contribution in [3.05, 3.63) is 56.1 Å². The molecule has 3 nitrogen and oxygen atoms in total. The molecular formula is C13H14N2OS. The van der Waals surface area contributed by atoms with Crippen molar-refractivity contribution >= 4 is 11.3 Å². The Morgan fingerprint density at radius 1 is 1.29 bits per heavy atom. The molecule has 1 atom stereocenters. The van der Waals surface area contributed by atoms with Crippen LogP contribution >= 0.6 is 11.3 Å². The van der Waals surface area contributed by atoms with Gasteiger partial charge < -0.3 is 10.7 Å². The van der Waals surface area contributed by atoms with Gasteiger partial charge in [-0.25, -0.2) is 0 Å². The van der Waals surface area contributed by atoms with Gasteiger partial charge in [-0.05, 0) is 18.4 Å². The van der Waals surface area contributed by atoms with Gasteiger partial charge in [0, 0.05) is 22.5 Å². The highest BCUT2D eigenvalue weighted by molar-refractivity contribution is 7.09. The van der Waals surface area contributed by atoms with Gasteiger partial charge >= 0.3 is 4.87 Å². The molecule has 0 saturated heterocycles. The predicted octanol–water partition coefficient (Wildman–Crippen LogP) is 1.78. The molecule has 3 rings (SSSR count). The molecule has 0 spiro atoms. The molecule has 1 heterocycles. The third-order valence-corrected chi connectivity index (χ3v) is 4.38. The SMILES string of the molecule is N[C@]1(c2ccccc2)CCc2[nH]c(=O)sc2C1. The van der Waals surface area contributed by atoms with E-state index in [1.807, 2.05) is 18.2 Å². The zero-order chi connectivity index (χ0) is 11.9. The molecular weight excluding hydrogens is 232 g/mol. The minimum absolute atomic E-state index is 0.0345. The van der Waals surface area contributed by atoms with E-state index in [0.29, 0.717) is 0 Å². The van der Waals surface area contributed by atoms with E-state index in [0.717, 1.165) is 35.4 Å². The quantitative estimate of drug-likeness (QED) is 0.805. The summed E-state index contributed by atoms with van der Waals surface area (Å²) in [5, 5.41) is 0. The smallest absolute Gasteiger partial charge is 0.304 e. The van der Waals surface area contributed by atoms with Crippen molar-refractivity contribution in [3.63, 3.8) is 0 Å². The summed E-state index contributed by atoms with van der Waals surface area (Å²) in [4.78, 5) is 15.4. The first-order chi connectivity index (χ1) is 8.17. The van der Waals surface area contributed by atoms with Crippen LogP contribution in [0.2, 0.25) is 0 Å². The number of H-pyrrole nitrogens is 1. The molecule has 1 aliphatic rings. The summed E-state index contributed by atoms with van der Waals surface area (Å²) in [6.45, 7) is 0. The molecule has 1 aliphatic carbocycles. The fourth-order valence-electron chi connectivity index (χ4n) is 2.48. The van der Waals surface area contributed by atoms with Gasteiger partial charge in [0.15, 0.2) is 0 Å². The van der Waals surface area contributed by atoms with E-state index < -0.39 is 0 Å². The molecule has 0 fully saturated rings. The zero-order valence-corrected chi connectivity index (χ0v) is 10.2. The summed E-state index contributed by atoms with van der Waals surface area (Å²) >= 11 is 1.30. The van der Waals surface area contributed by atoms with E-state index in [-0.39, 0.29) is 10.4 Å². The molecule has 0 bridgehead atoms. The molecule has 88 valence electrons. The summed E-state index contributed by atoms with van der Waals surface area (Å²) in [5.74, 6) is 0. The first-order valence-corrected chi connectivity index (χ1v) is 6.54. The molecule has 3 N–H and O–H groups in total. The second kappa shape index (κ2) is 3.82. The van der Waals surface area contributed by atoms with E-state index >= 15 is 0 Å². The van der Waals surface area contributed by atoms with Gasteiger partial charge in [-0.2, -0.15) is 0 Å². The van der Waals surface area contributed by atoms with Gasteiger partial charge in [0.1, 0.15) is 0 Å².